The van der Waals surface area contributed by atoms with Gasteiger partial charge in [-0.3, -0.25) is 4.79 Å². The van der Waals surface area contributed by atoms with Gasteiger partial charge in [0.1, 0.15) is 5.75 Å². The van der Waals surface area contributed by atoms with Crippen molar-refractivity contribution >= 4 is 5.91 Å². The fourth-order valence-electron chi connectivity index (χ4n) is 1.89. The maximum absolute atomic E-state index is 12.0. The summed E-state index contributed by atoms with van der Waals surface area (Å²) >= 11 is 0. The molecule has 1 aliphatic heterocycles. The Labute approximate surface area is 95.0 Å². The van der Waals surface area contributed by atoms with Crippen LogP contribution in [0.3, 0.4) is 0 Å². The van der Waals surface area contributed by atoms with Gasteiger partial charge < -0.3 is 15.4 Å². The standard InChI is InChI=1S/C12H16N2O2/c1-16-11-4-2-9(3-5-11)12(15)14-7-6-10(13)8-14/h2-5,10H,6-8,13H2,1H3/t10-/m0/s1. The van der Waals surface area contributed by atoms with Crippen molar-refractivity contribution < 1.29 is 9.53 Å². The normalized spacial score (nSPS) is 19.9. The van der Waals surface area contributed by atoms with Crippen LogP contribution in [0.25, 0.3) is 0 Å². The van der Waals surface area contributed by atoms with E-state index in [1.807, 2.05) is 0 Å². The van der Waals surface area contributed by atoms with Crippen molar-refractivity contribution in [2.24, 2.45) is 5.73 Å². The first-order chi connectivity index (χ1) is 7.70. The number of nitrogens with zero attached hydrogens (tertiary/aromatic N) is 1. The number of hydrogen-bond acceptors (Lipinski definition) is 3. The topological polar surface area (TPSA) is 55.6 Å². The molecule has 1 heterocycles. The Morgan fingerprint density at radius 3 is 2.62 bits per heavy atom. The predicted octanol–water partition coefficient (Wildman–Crippen LogP) is 0.868. The Kier molecular flexibility index (Phi) is 3.10. The van der Waals surface area contributed by atoms with Gasteiger partial charge in [-0.05, 0) is 30.7 Å². The lowest BCUT2D eigenvalue weighted by atomic mass is 10.2. The van der Waals surface area contributed by atoms with E-state index in [0.717, 1.165) is 18.7 Å². The molecule has 2 rings (SSSR count). The minimum absolute atomic E-state index is 0.0515. The summed E-state index contributed by atoms with van der Waals surface area (Å²) in [6.07, 6.45) is 0.891. The smallest absolute Gasteiger partial charge is 0.253 e. The molecule has 0 aromatic heterocycles. The molecule has 0 unspecified atom stereocenters. The molecule has 1 amide bonds. The maximum atomic E-state index is 12.0. The highest BCUT2D eigenvalue weighted by Gasteiger charge is 2.24. The molecule has 1 atom stereocenters. The van der Waals surface area contributed by atoms with Crippen molar-refractivity contribution in [1.82, 2.24) is 4.90 Å². The van der Waals surface area contributed by atoms with Crippen LogP contribution in [-0.4, -0.2) is 37.0 Å². The van der Waals surface area contributed by atoms with E-state index < -0.39 is 0 Å². The van der Waals surface area contributed by atoms with Crippen LogP contribution in [0.2, 0.25) is 0 Å². The minimum Gasteiger partial charge on any atom is -0.497 e. The molecule has 1 fully saturated rings. The van der Waals surface area contributed by atoms with Crippen LogP contribution >= 0.6 is 0 Å². The number of amides is 1. The molecule has 1 aromatic rings. The molecule has 1 aliphatic rings. The van der Waals surface area contributed by atoms with Gasteiger partial charge in [0.15, 0.2) is 0 Å². The summed E-state index contributed by atoms with van der Waals surface area (Å²) in [5.41, 5.74) is 6.46. The monoisotopic (exact) mass is 220 g/mol. The van der Waals surface area contributed by atoms with E-state index >= 15 is 0 Å². The van der Waals surface area contributed by atoms with Gasteiger partial charge in [-0.25, -0.2) is 0 Å². The number of rotatable bonds is 2. The van der Waals surface area contributed by atoms with E-state index in [4.69, 9.17) is 10.5 Å². The SMILES string of the molecule is COc1ccc(C(=O)N2CC[C@H](N)C2)cc1. The molecule has 0 aliphatic carbocycles. The van der Waals surface area contributed by atoms with E-state index in [0.29, 0.717) is 12.1 Å². The summed E-state index contributed by atoms with van der Waals surface area (Å²) in [4.78, 5) is 13.8. The van der Waals surface area contributed by atoms with Crippen LogP contribution in [0.5, 0.6) is 5.75 Å². The molecule has 4 heteroatoms. The second kappa shape index (κ2) is 4.53. The van der Waals surface area contributed by atoms with Crippen molar-refractivity contribution in [2.45, 2.75) is 12.5 Å². The molecule has 4 nitrogen and oxygen atoms in total. The molecule has 1 aromatic carbocycles. The summed E-state index contributed by atoms with van der Waals surface area (Å²) in [5, 5.41) is 0. The summed E-state index contributed by atoms with van der Waals surface area (Å²) < 4.78 is 5.05. The largest absolute Gasteiger partial charge is 0.497 e. The average molecular weight is 220 g/mol. The van der Waals surface area contributed by atoms with Gasteiger partial charge in [0.05, 0.1) is 7.11 Å². The van der Waals surface area contributed by atoms with Gasteiger partial charge in [0.25, 0.3) is 5.91 Å². The number of likely N-dealkylation sites (tertiary alicyclic amines) is 1. The zero-order valence-corrected chi connectivity index (χ0v) is 9.35. The molecule has 0 bridgehead atoms. The number of benzene rings is 1. The Morgan fingerprint density at radius 1 is 1.44 bits per heavy atom. The zero-order valence-electron chi connectivity index (χ0n) is 9.35. The van der Waals surface area contributed by atoms with E-state index in [1.54, 1.807) is 36.3 Å². The lowest BCUT2D eigenvalue weighted by Crippen LogP contribution is -2.31. The van der Waals surface area contributed by atoms with Crippen molar-refractivity contribution in [3.05, 3.63) is 29.8 Å². The number of nitrogens with two attached hydrogens (primary N) is 1. The highest BCUT2D eigenvalue weighted by Crippen LogP contribution is 2.15. The summed E-state index contributed by atoms with van der Waals surface area (Å²) in [6, 6.07) is 7.28. The van der Waals surface area contributed by atoms with Crippen molar-refractivity contribution in [2.75, 3.05) is 20.2 Å². The first kappa shape index (κ1) is 11.0. The van der Waals surface area contributed by atoms with Crippen LogP contribution in [-0.2, 0) is 0 Å². The Bertz CT molecular complexity index is 375. The third-order valence-electron chi connectivity index (χ3n) is 2.85. The van der Waals surface area contributed by atoms with Crippen LogP contribution in [0, 0.1) is 0 Å². The second-order valence-electron chi connectivity index (χ2n) is 4.03. The summed E-state index contributed by atoms with van der Waals surface area (Å²) in [7, 11) is 1.61. The van der Waals surface area contributed by atoms with Gasteiger partial charge in [-0.2, -0.15) is 0 Å². The van der Waals surface area contributed by atoms with Gasteiger partial charge in [-0.15, -0.1) is 0 Å². The average Bonchev–Trinajstić information content (AvgIpc) is 2.75. The van der Waals surface area contributed by atoms with Crippen LogP contribution < -0.4 is 10.5 Å². The molecular formula is C12H16N2O2. The molecule has 1 saturated heterocycles. The van der Waals surface area contributed by atoms with E-state index in [9.17, 15) is 4.79 Å². The maximum Gasteiger partial charge on any atom is 0.253 e. The van der Waals surface area contributed by atoms with E-state index in [2.05, 4.69) is 0 Å². The van der Waals surface area contributed by atoms with E-state index in [-0.39, 0.29) is 11.9 Å². The molecule has 2 N–H and O–H groups in total. The molecule has 0 spiro atoms. The number of ether oxygens (including phenoxy) is 1. The number of methoxy groups -OCH3 is 1. The second-order valence-corrected chi connectivity index (χ2v) is 4.03. The van der Waals surface area contributed by atoms with Crippen LogP contribution in [0.15, 0.2) is 24.3 Å². The first-order valence-electron chi connectivity index (χ1n) is 5.39. The van der Waals surface area contributed by atoms with E-state index in [1.165, 1.54) is 0 Å². The fraction of sp³-hybridized carbons (Fsp3) is 0.417. The van der Waals surface area contributed by atoms with Gasteiger partial charge in [-0.1, -0.05) is 0 Å². The lowest BCUT2D eigenvalue weighted by molar-refractivity contribution is 0.0791. The molecule has 0 saturated carbocycles. The van der Waals surface area contributed by atoms with Crippen molar-refractivity contribution in [3.63, 3.8) is 0 Å². The summed E-state index contributed by atoms with van der Waals surface area (Å²) in [6.45, 7) is 1.41. The number of carbonyl (C=O) groups is 1. The lowest BCUT2D eigenvalue weighted by Gasteiger charge is -2.15. The quantitative estimate of drug-likeness (QED) is 0.804. The molecule has 0 radical (unpaired) electrons. The number of hydrogen-bond donors (Lipinski definition) is 1. The number of carbonyl (C=O) groups excluding carboxylic acids is 1. The zero-order chi connectivity index (χ0) is 11.5. The third kappa shape index (κ3) is 2.17. The van der Waals surface area contributed by atoms with Crippen molar-refractivity contribution in [1.29, 1.82) is 0 Å². The predicted molar refractivity (Wildman–Crippen MR) is 61.5 cm³/mol. The van der Waals surface area contributed by atoms with Crippen molar-refractivity contribution in [3.8, 4) is 5.75 Å². The Hall–Kier alpha value is -1.55. The van der Waals surface area contributed by atoms with Gasteiger partial charge in [0, 0.05) is 24.7 Å². The highest BCUT2D eigenvalue weighted by molar-refractivity contribution is 5.94. The highest BCUT2D eigenvalue weighted by atomic mass is 16.5. The first-order valence-corrected chi connectivity index (χ1v) is 5.39. The van der Waals surface area contributed by atoms with Gasteiger partial charge in [0.2, 0.25) is 0 Å². The molecular weight excluding hydrogens is 204 g/mol. The van der Waals surface area contributed by atoms with Crippen LogP contribution in [0.1, 0.15) is 16.8 Å². The molecule has 86 valence electrons. The fourth-order valence-corrected chi connectivity index (χ4v) is 1.89. The Morgan fingerprint density at radius 2 is 2.12 bits per heavy atom. The minimum atomic E-state index is 0.0515. The van der Waals surface area contributed by atoms with Crippen LogP contribution in [0.4, 0.5) is 0 Å². The summed E-state index contributed by atoms with van der Waals surface area (Å²) in [5.74, 6) is 0.810. The third-order valence-corrected chi connectivity index (χ3v) is 2.85. The Balaban J connectivity index is 2.08. The molecule has 16 heavy (non-hydrogen) atoms. The van der Waals surface area contributed by atoms with Gasteiger partial charge >= 0.3 is 0 Å².